The molecule has 0 radical (unpaired) electrons. The van der Waals surface area contributed by atoms with Crippen molar-refractivity contribution >= 4 is 35.8 Å². The van der Waals surface area contributed by atoms with Gasteiger partial charge in [0.2, 0.25) is 5.91 Å². The van der Waals surface area contributed by atoms with Gasteiger partial charge in [-0.3, -0.25) is 9.79 Å². The van der Waals surface area contributed by atoms with E-state index >= 15 is 0 Å². The smallest absolute Gasteiger partial charge is 0.221 e. The van der Waals surface area contributed by atoms with Crippen molar-refractivity contribution in [1.82, 2.24) is 16.0 Å². The summed E-state index contributed by atoms with van der Waals surface area (Å²) in [4.78, 5) is 15.7. The van der Waals surface area contributed by atoms with Crippen LogP contribution in [0, 0.1) is 0 Å². The van der Waals surface area contributed by atoms with Crippen LogP contribution in [0.15, 0.2) is 41.9 Å². The van der Waals surface area contributed by atoms with E-state index in [0.29, 0.717) is 38.6 Å². The van der Waals surface area contributed by atoms with Gasteiger partial charge in [-0.1, -0.05) is 37.8 Å². The van der Waals surface area contributed by atoms with Crippen molar-refractivity contribution in [2.75, 3.05) is 26.7 Å². The summed E-state index contributed by atoms with van der Waals surface area (Å²) in [5, 5.41) is 9.20. The van der Waals surface area contributed by atoms with E-state index in [9.17, 15) is 4.79 Å². The van der Waals surface area contributed by atoms with Crippen LogP contribution in [0.4, 0.5) is 0 Å². The number of carbonyl (C=O) groups is 1. The summed E-state index contributed by atoms with van der Waals surface area (Å²) in [5.41, 5.74) is 1.03. The van der Waals surface area contributed by atoms with Crippen molar-refractivity contribution in [1.29, 1.82) is 0 Å². The standard InChI is InChI=1S/C18H28N4O2.HI/c1-4-11-20-17(23)10-12-21-18(19-3)22-14-15-8-6-7-9-16(15)24-13-5-2;/h5-9H,2,4,10-14H2,1,3H3,(H,20,23)(H2,19,21,22);1H. The predicted octanol–water partition coefficient (Wildman–Crippen LogP) is 2.45. The zero-order valence-corrected chi connectivity index (χ0v) is 17.3. The lowest BCUT2D eigenvalue weighted by Gasteiger charge is -2.14. The topological polar surface area (TPSA) is 74.8 Å². The molecule has 0 aromatic heterocycles. The SMILES string of the molecule is C=CCOc1ccccc1CNC(=NC)NCCC(=O)NCCC.I. The van der Waals surface area contributed by atoms with Gasteiger partial charge in [0.05, 0.1) is 0 Å². The molecule has 0 aliphatic heterocycles. The summed E-state index contributed by atoms with van der Waals surface area (Å²) in [6.07, 6.45) is 3.07. The van der Waals surface area contributed by atoms with E-state index < -0.39 is 0 Å². The first-order chi connectivity index (χ1) is 11.7. The summed E-state index contributed by atoms with van der Waals surface area (Å²) in [6, 6.07) is 7.82. The minimum Gasteiger partial charge on any atom is -0.489 e. The normalized spacial score (nSPS) is 10.4. The van der Waals surface area contributed by atoms with Crippen molar-refractivity contribution in [2.24, 2.45) is 4.99 Å². The van der Waals surface area contributed by atoms with Crippen LogP contribution >= 0.6 is 24.0 Å². The summed E-state index contributed by atoms with van der Waals surface area (Å²) in [5.74, 6) is 1.51. The Hall–Kier alpha value is -1.77. The van der Waals surface area contributed by atoms with E-state index in [1.807, 2.05) is 31.2 Å². The van der Waals surface area contributed by atoms with Crippen LogP contribution in [0.5, 0.6) is 5.75 Å². The number of hydrogen-bond donors (Lipinski definition) is 3. The number of amides is 1. The van der Waals surface area contributed by atoms with Crippen LogP contribution in [0.2, 0.25) is 0 Å². The van der Waals surface area contributed by atoms with Crippen LogP contribution in [0.3, 0.4) is 0 Å². The number of para-hydroxylation sites is 1. The Bertz CT molecular complexity index is 550. The van der Waals surface area contributed by atoms with Crippen molar-refractivity contribution in [3.8, 4) is 5.75 Å². The Labute approximate surface area is 167 Å². The van der Waals surface area contributed by atoms with E-state index in [1.165, 1.54) is 0 Å². The molecule has 0 unspecified atom stereocenters. The zero-order chi connectivity index (χ0) is 17.6. The Kier molecular flexibility index (Phi) is 13.5. The molecular formula is C18H29IN4O2. The van der Waals surface area contributed by atoms with Crippen molar-refractivity contribution < 1.29 is 9.53 Å². The molecule has 1 amide bonds. The maximum absolute atomic E-state index is 11.6. The Morgan fingerprint density at radius 1 is 1.24 bits per heavy atom. The number of aliphatic imine (C=N–C) groups is 1. The summed E-state index contributed by atoms with van der Waals surface area (Å²) < 4.78 is 5.63. The largest absolute Gasteiger partial charge is 0.489 e. The van der Waals surface area contributed by atoms with E-state index in [4.69, 9.17) is 4.74 Å². The number of ether oxygens (including phenoxy) is 1. The highest BCUT2D eigenvalue weighted by Gasteiger charge is 2.05. The maximum atomic E-state index is 11.6. The molecule has 0 aliphatic rings. The number of nitrogens with one attached hydrogen (secondary N) is 3. The quantitative estimate of drug-likeness (QED) is 0.217. The van der Waals surface area contributed by atoms with E-state index in [0.717, 1.165) is 17.7 Å². The van der Waals surface area contributed by atoms with Gasteiger partial charge in [0.15, 0.2) is 5.96 Å². The van der Waals surface area contributed by atoms with Gasteiger partial charge in [0.1, 0.15) is 12.4 Å². The van der Waals surface area contributed by atoms with Crippen molar-refractivity contribution in [3.05, 3.63) is 42.5 Å². The van der Waals surface area contributed by atoms with Gasteiger partial charge in [0, 0.05) is 38.7 Å². The van der Waals surface area contributed by atoms with Crippen LogP contribution in [0.1, 0.15) is 25.3 Å². The molecule has 0 spiro atoms. The molecule has 1 aromatic rings. The summed E-state index contributed by atoms with van der Waals surface area (Å²) in [7, 11) is 1.70. The molecule has 0 saturated carbocycles. The van der Waals surface area contributed by atoms with Crippen molar-refractivity contribution in [3.63, 3.8) is 0 Å². The first-order valence-electron chi connectivity index (χ1n) is 8.24. The van der Waals surface area contributed by atoms with E-state index in [-0.39, 0.29) is 29.9 Å². The highest BCUT2D eigenvalue weighted by atomic mass is 127. The number of guanidine groups is 1. The minimum atomic E-state index is 0. The van der Waals surface area contributed by atoms with Gasteiger partial charge >= 0.3 is 0 Å². The first kappa shape index (κ1) is 23.2. The van der Waals surface area contributed by atoms with Crippen LogP contribution in [0.25, 0.3) is 0 Å². The number of carbonyl (C=O) groups excluding carboxylic acids is 1. The number of rotatable bonds is 10. The highest BCUT2D eigenvalue weighted by Crippen LogP contribution is 2.17. The number of hydrogen-bond acceptors (Lipinski definition) is 3. The average Bonchev–Trinajstić information content (AvgIpc) is 2.61. The highest BCUT2D eigenvalue weighted by molar-refractivity contribution is 14.0. The molecule has 0 atom stereocenters. The average molecular weight is 460 g/mol. The second kappa shape index (κ2) is 14.6. The zero-order valence-electron chi connectivity index (χ0n) is 15.0. The molecule has 0 aliphatic carbocycles. The first-order valence-corrected chi connectivity index (χ1v) is 8.24. The van der Waals surface area contributed by atoms with Crippen LogP contribution in [-0.4, -0.2) is 38.6 Å². The van der Waals surface area contributed by atoms with Crippen molar-refractivity contribution in [2.45, 2.75) is 26.3 Å². The molecule has 3 N–H and O–H groups in total. The molecule has 1 rings (SSSR count). The molecule has 6 nitrogen and oxygen atoms in total. The molecule has 0 bridgehead atoms. The lowest BCUT2D eigenvalue weighted by Crippen LogP contribution is -2.39. The lowest BCUT2D eigenvalue weighted by molar-refractivity contribution is -0.120. The minimum absolute atomic E-state index is 0. The molecule has 0 heterocycles. The Morgan fingerprint density at radius 2 is 2.00 bits per heavy atom. The Morgan fingerprint density at radius 3 is 2.68 bits per heavy atom. The molecule has 0 saturated heterocycles. The maximum Gasteiger partial charge on any atom is 0.221 e. The molecule has 140 valence electrons. The molecular weight excluding hydrogens is 431 g/mol. The van der Waals surface area contributed by atoms with Gasteiger partial charge in [-0.2, -0.15) is 0 Å². The van der Waals surface area contributed by atoms with Gasteiger partial charge in [-0.25, -0.2) is 0 Å². The second-order valence-corrected chi connectivity index (χ2v) is 5.16. The molecule has 0 fully saturated rings. The third-order valence-electron chi connectivity index (χ3n) is 3.22. The third-order valence-corrected chi connectivity index (χ3v) is 3.22. The fourth-order valence-electron chi connectivity index (χ4n) is 1.99. The van der Waals surface area contributed by atoms with Crippen LogP contribution < -0.4 is 20.7 Å². The molecule has 25 heavy (non-hydrogen) atoms. The van der Waals surface area contributed by atoms with Gasteiger partial charge < -0.3 is 20.7 Å². The summed E-state index contributed by atoms with van der Waals surface area (Å²) >= 11 is 0. The van der Waals surface area contributed by atoms with Gasteiger partial charge in [-0.05, 0) is 12.5 Å². The number of nitrogens with zero attached hydrogens (tertiary/aromatic N) is 1. The fraction of sp³-hybridized carbons (Fsp3) is 0.444. The Balaban J connectivity index is 0.00000576. The number of halogens is 1. The predicted molar refractivity (Wildman–Crippen MR) is 114 cm³/mol. The second-order valence-electron chi connectivity index (χ2n) is 5.16. The third kappa shape index (κ3) is 9.96. The lowest BCUT2D eigenvalue weighted by atomic mass is 10.2. The monoisotopic (exact) mass is 460 g/mol. The van der Waals surface area contributed by atoms with Gasteiger partial charge in [-0.15, -0.1) is 24.0 Å². The number of benzene rings is 1. The molecule has 1 aromatic carbocycles. The van der Waals surface area contributed by atoms with Crippen LogP contribution in [-0.2, 0) is 11.3 Å². The fourth-order valence-corrected chi connectivity index (χ4v) is 1.99. The van der Waals surface area contributed by atoms with Gasteiger partial charge in [0.25, 0.3) is 0 Å². The van der Waals surface area contributed by atoms with E-state index in [1.54, 1.807) is 13.1 Å². The summed E-state index contributed by atoms with van der Waals surface area (Å²) in [6.45, 7) is 7.98. The molecule has 7 heteroatoms. The van der Waals surface area contributed by atoms with E-state index in [2.05, 4.69) is 27.5 Å².